The number of hydrogen-bond donors (Lipinski definition) is 6. The molecule has 236 valence electrons. The van der Waals surface area contributed by atoms with E-state index in [-0.39, 0.29) is 12.8 Å². The van der Waals surface area contributed by atoms with Crippen LogP contribution in [0.25, 0.3) is 0 Å². The quantitative estimate of drug-likeness (QED) is 0.0632. The summed E-state index contributed by atoms with van der Waals surface area (Å²) in [6.07, 6.45) is -2.31. The van der Waals surface area contributed by atoms with Gasteiger partial charge in [-0.2, -0.15) is 0 Å². The minimum absolute atomic E-state index is 0.0990. The lowest BCUT2D eigenvalue weighted by molar-refractivity contribution is -0.220. The maximum absolute atomic E-state index is 12.5. The molecule has 13 nitrogen and oxygen atoms in total. The Labute approximate surface area is 236 Å². The number of ether oxygens (including phenoxy) is 2. The normalized spacial score (nSPS) is 27.1. The van der Waals surface area contributed by atoms with Crippen LogP contribution in [0.4, 0.5) is 0 Å². The van der Waals surface area contributed by atoms with Gasteiger partial charge in [-0.25, -0.2) is 4.57 Å². The summed E-state index contributed by atoms with van der Waals surface area (Å²) in [7, 11) is -5.07. The second kappa shape index (κ2) is 19.9. The molecule has 6 unspecified atom stereocenters. The summed E-state index contributed by atoms with van der Waals surface area (Å²) >= 11 is 0. The van der Waals surface area contributed by atoms with Crippen LogP contribution in [0.3, 0.4) is 0 Å². The molecule has 0 aromatic rings. The van der Waals surface area contributed by atoms with E-state index in [2.05, 4.69) is 6.92 Å². The van der Waals surface area contributed by atoms with Crippen molar-refractivity contribution in [3.8, 4) is 0 Å². The van der Waals surface area contributed by atoms with Crippen molar-refractivity contribution in [1.29, 1.82) is 0 Å². The van der Waals surface area contributed by atoms with Crippen LogP contribution in [0.1, 0.15) is 97.3 Å². The molecule has 0 heterocycles. The predicted molar refractivity (Wildman–Crippen MR) is 143 cm³/mol. The molecule has 0 radical (unpaired) electrons. The molecule has 0 aliphatic heterocycles. The topological polar surface area (TPSA) is 210 Å². The van der Waals surface area contributed by atoms with E-state index in [9.17, 15) is 44.6 Å². The first-order valence-electron chi connectivity index (χ1n) is 14.3. The van der Waals surface area contributed by atoms with E-state index in [1.165, 1.54) is 19.3 Å². The molecule has 14 heteroatoms. The molecule has 0 spiro atoms. The molecular weight excluding hydrogens is 551 g/mol. The fraction of sp³-hybridized carbons (Fsp3) is 0.923. The highest BCUT2D eigenvalue weighted by atomic mass is 31.2. The monoisotopic (exact) mass is 600 g/mol. The van der Waals surface area contributed by atoms with E-state index in [0.29, 0.717) is 12.8 Å². The molecule has 1 aliphatic rings. The Morgan fingerprint density at radius 1 is 0.675 bits per heavy atom. The SMILES string of the molecule is CCCCCCCCCCC(=O)OC(COC(=O)CCCCC)COP(=O)(O)OC1C(O)C(O)C(O)C(O)C1O. The van der Waals surface area contributed by atoms with E-state index in [0.717, 1.165) is 38.5 Å². The number of phosphoric acid groups is 1. The number of rotatable bonds is 21. The van der Waals surface area contributed by atoms with Gasteiger partial charge in [0.25, 0.3) is 0 Å². The second-order valence-corrected chi connectivity index (χ2v) is 11.7. The van der Waals surface area contributed by atoms with Gasteiger partial charge in [-0.1, -0.05) is 71.6 Å². The lowest BCUT2D eigenvalue weighted by Crippen LogP contribution is -2.64. The van der Waals surface area contributed by atoms with Crippen LogP contribution in [-0.2, 0) is 32.7 Å². The third kappa shape index (κ3) is 14.2. The molecule has 0 aromatic heterocycles. The van der Waals surface area contributed by atoms with E-state index in [4.69, 9.17) is 18.5 Å². The summed E-state index contributed by atoms with van der Waals surface area (Å²) in [6, 6.07) is 0. The van der Waals surface area contributed by atoms with Crippen molar-refractivity contribution in [2.24, 2.45) is 0 Å². The lowest BCUT2D eigenvalue weighted by atomic mass is 9.85. The number of aliphatic hydroxyl groups excluding tert-OH is 5. The summed E-state index contributed by atoms with van der Waals surface area (Å²) in [5, 5.41) is 49.3. The highest BCUT2D eigenvalue weighted by molar-refractivity contribution is 7.47. The van der Waals surface area contributed by atoms with Gasteiger partial charge in [0.1, 0.15) is 43.2 Å². The second-order valence-electron chi connectivity index (χ2n) is 10.3. The minimum atomic E-state index is -5.07. The molecule has 6 N–H and O–H groups in total. The first-order valence-corrected chi connectivity index (χ1v) is 15.8. The maximum Gasteiger partial charge on any atom is 0.472 e. The lowest BCUT2D eigenvalue weighted by Gasteiger charge is -2.41. The van der Waals surface area contributed by atoms with Gasteiger partial charge in [0.15, 0.2) is 6.10 Å². The number of carbonyl (C=O) groups is 2. The van der Waals surface area contributed by atoms with Gasteiger partial charge in [-0.05, 0) is 12.8 Å². The molecule has 0 aromatic carbocycles. The van der Waals surface area contributed by atoms with Crippen LogP contribution >= 0.6 is 7.82 Å². The smallest absolute Gasteiger partial charge is 0.462 e. The third-order valence-corrected chi connectivity index (χ3v) is 7.68. The molecule has 40 heavy (non-hydrogen) atoms. The standard InChI is InChI=1S/C26H49O13P/c1-3-5-7-8-9-10-11-13-15-20(28)38-18(16-36-19(27)14-12-6-4-2)17-37-40(34,35)39-26-24(32)22(30)21(29)23(31)25(26)33/h18,21-26,29-33H,3-17H2,1-2H3,(H,34,35). The van der Waals surface area contributed by atoms with Gasteiger partial charge >= 0.3 is 19.8 Å². The average molecular weight is 601 g/mol. The molecule has 0 amide bonds. The number of carbonyl (C=O) groups excluding carboxylic acids is 2. The number of hydrogen-bond acceptors (Lipinski definition) is 12. The number of esters is 2. The summed E-state index contributed by atoms with van der Waals surface area (Å²) in [4.78, 5) is 34.5. The zero-order valence-corrected chi connectivity index (χ0v) is 24.5. The average Bonchev–Trinajstić information content (AvgIpc) is 2.92. The van der Waals surface area contributed by atoms with Crippen LogP contribution < -0.4 is 0 Å². The Bertz CT molecular complexity index is 751. The van der Waals surface area contributed by atoms with Gasteiger partial charge in [0.05, 0.1) is 6.61 Å². The number of aliphatic hydroxyl groups is 5. The van der Waals surface area contributed by atoms with Gasteiger partial charge in [-0.15, -0.1) is 0 Å². The number of unbranched alkanes of at least 4 members (excludes halogenated alkanes) is 9. The molecule has 1 aliphatic carbocycles. The van der Waals surface area contributed by atoms with Crippen molar-refractivity contribution in [3.05, 3.63) is 0 Å². The van der Waals surface area contributed by atoms with Gasteiger partial charge in [0.2, 0.25) is 0 Å². The van der Waals surface area contributed by atoms with Crippen LogP contribution in [0.15, 0.2) is 0 Å². The fourth-order valence-electron chi connectivity index (χ4n) is 4.22. The molecule has 1 saturated carbocycles. The molecule has 0 saturated heterocycles. The molecule has 1 rings (SSSR count). The largest absolute Gasteiger partial charge is 0.472 e. The van der Waals surface area contributed by atoms with Crippen molar-refractivity contribution >= 4 is 19.8 Å². The highest BCUT2D eigenvalue weighted by Gasteiger charge is 2.51. The maximum atomic E-state index is 12.5. The highest BCUT2D eigenvalue weighted by Crippen LogP contribution is 2.47. The van der Waals surface area contributed by atoms with E-state index in [1.54, 1.807) is 0 Å². The summed E-state index contributed by atoms with van der Waals surface area (Å²) < 4.78 is 32.7. The Balaban J connectivity index is 2.66. The Morgan fingerprint density at radius 3 is 1.70 bits per heavy atom. The Morgan fingerprint density at radius 2 is 1.12 bits per heavy atom. The minimum Gasteiger partial charge on any atom is -0.462 e. The van der Waals surface area contributed by atoms with E-state index >= 15 is 0 Å². The summed E-state index contributed by atoms with van der Waals surface area (Å²) in [6.45, 7) is 2.96. The summed E-state index contributed by atoms with van der Waals surface area (Å²) in [5.41, 5.74) is 0. The Kier molecular flexibility index (Phi) is 18.3. The molecule has 0 bridgehead atoms. The number of phosphoric ester groups is 1. The van der Waals surface area contributed by atoms with Gasteiger partial charge < -0.3 is 39.9 Å². The molecule has 6 atom stereocenters. The predicted octanol–water partition coefficient (Wildman–Crippen LogP) is 1.87. The van der Waals surface area contributed by atoms with Crippen molar-refractivity contribution in [1.82, 2.24) is 0 Å². The van der Waals surface area contributed by atoms with Crippen molar-refractivity contribution in [2.45, 2.75) is 140 Å². The van der Waals surface area contributed by atoms with E-state index < -0.39 is 75.7 Å². The van der Waals surface area contributed by atoms with Crippen molar-refractivity contribution in [3.63, 3.8) is 0 Å². The Hall–Kier alpha value is -1.15. The first kappa shape index (κ1) is 36.9. The van der Waals surface area contributed by atoms with E-state index in [1.807, 2.05) is 6.92 Å². The zero-order valence-electron chi connectivity index (χ0n) is 23.6. The van der Waals surface area contributed by atoms with Gasteiger partial charge in [-0.3, -0.25) is 18.6 Å². The zero-order chi connectivity index (χ0) is 30.1. The fourth-order valence-corrected chi connectivity index (χ4v) is 5.20. The molecule has 1 fully saturated rings. The first-order chi connectivity index (χ1) is 18.9. The summed E-state index contributed by atoms with van der Waals surface area (Å²) in [5.74, 6) is -1.13. The van der Waals surface area contributed by atoms with Crippen LogP contribution in [0, 0.1) is 0 Å². The van der Waals surface area contributed by atoms with Gasteiger partial charge in [0, 0.05) is 12.8 Å². The van der Waals surface area contributed by atoms with Crippen molar-refractivity contribution in [2.75, 3.05) is 13.2 Å². The molecular formula is C26H49O13P. The van der Waals surface area contributed by atoms with Crippen LogP contribution in [0.2, 0.25) is 0 Å². The van der Waals surface area contributed by atoms with Crippen LogP contribution in [0.5, 0.6) is 0 Å². The van der Waals surface area contributed by atoms with Crippen molar-refractivity contribution < 1.29 is 63.1 Å². The van der Waals surface area contributed by atoms with Crippen LogP contribution in [-0.4, -0.2) is 98.3 Å². The third-order valence-electron chi connectivity index (χ3n) is 6.70.